The summed E-state index contributed by atoms with van der Waals surface area (Å²) in [7, 11) is 1.61. The molecule has 0 aliphatic carbocycles. The molecule has 0 unspecified atom stereocenters. The Bertz CT molecular complexity index is 654. The van der Waals surface area contributed by atoms with Gasteiger partial charge < -0.3 is 14.5 Å². The molecule has 0 aromatic heterocycles. The molecule has 2 aliphatic rings. The number of rotatable bonds is 3. The average molecular weight is 362 g/mol. The normalized spacial score (nSPS) is 19.5. The first kappa shape index (κ1) is 18.1. The van der Waals surface area contributed by atoms with Crippen LogP contribution in [0.25, 0.3) is 0 Å². The maximum atomic E-state index is 13.1. The van der Waals surface area contributed by atoms with Crippen LogP contribution in [-0.2, 0) is 4.79 Å². The van der Waals surface area contributed by atoms with Crippen LogP contribution in [0.1, 0.15) is 37.0 Å². The van der Waals surface area contributed by atoms with Gasteiger partial charge in [-0.15, -0.1) is 11.8 Å². The van der Waals surface area contributed by atoms with E-state index in [9.17, 15) is 9.59 Å². The lowest BCUT2D eigenvalue weighted by molar-refractivity contribution is -0.136. The van der Waals surface area contributed by atoms with E-state index in [2.05, 4.69) is 0 Å². The standard InChI is InChI=1S/C19H26N2O3S/c1-14(2)17(22)20-9-7-19(8-10-20)21(11-12-25-19)18(23)15-5-4-6-16(13-15)24-3/h4-6,13-14H,7-12H2,1-3H3. The highest BCUT2D eigenvalue weighted by atomic mass is 32.2. The van der Waals surface area contributed by atoms with Crippen molar-refractivity contribution in [2.75, 3.05) is 32.5 Å². The van der Waals surface area contributed by atoms with Crippen molar-refractivity contribution in [3.8, 4) is 5.75 Å². The minimum atomic E-state index is -0.173. The smallest absolute Gasteiger partial charge is 0.255 e. The molecule has 1 aromatic rings. The van der Waals surface area contributed by atoms with Crippen molar-refractivity contribution < 1.29 is 14.3 Å². The van der Waals surface area contributed by atoms with Gasteiger partial charge in [0.25, 0.3) is 5.91 Å². The van der Waals surface area contributed by atoms with Gasteiger partial charge in [0, 0.05) is 36.9 Å². The minimum absolute atomic E-state index is 0.0276. The van der Waals surface area contributed by atoms with Gasteiger partial charge in [-0.3, -0.25) is 9.59 Å². The average Bonchev–Trinajstić information content (AvgIpc) is 3.04. The predicted molar refractivity (Wildman–Crippen MR) is 99.9 cm³/mol. The summed E-state index contributed by atoms with van der Waals surface area (Å²) >= 11 is 1.86. The van der Waals surface area contributed by atoms with Crippen LogP contribution in [0.5, 0.6) is 5.75 Å². The second kappa shape index (κ2) is 7.28. The van der Waals surface area contributed by atoms with Crippen LogP contribution in [0.3, 0.4) is 0 Å². The summed E-state index contributed by atoms with van der Waals surface area (Å²) < 4.78 is 5.25. The Labute approximate surface area is 153 Å². The van der Waals surface area contributed by atoms with Gasteiger partial charge >= 0.3 is 0 Å². The molecule has 6 heteroatoms. The number of hydrogen-bond donors (Lipinski definition) is 0. The van der Waals surface area contributed by atoms with Crippen LogP contribution in [0.2, 0.25) is 0 Å². The lowest BCUT2D eigenvalue weighted by Crippen LogP contribution is -2.54. The molecule has 2 amide bonds. The van der Waals surface area contributed by atoms with Crippen LogP contribution >= 0.6 is 11.8 Å². The highest BCUT2D eigenvalue weighted by molar-refractivity contribution is 8.00. The summed E-state index contributed by atoms with van der Waals surface area (Å²) in [6.45, 7) is 6.10. The zero-order chi connectivity index (χ0) is 18.0. The van der Waals surface area contributed by atoms with Gasteiger partial charge in [0.05, 0.1) is 12.0 Å². The first-order chi connectivity index (χ1) is 12.0. The van der Waals surface area contributed by atoms with E-state index in [0.29, 0.717) is 11.3 Å². The first-order valence-electron chi connectivity index (χ1n) is 8.85. The van der Waals surface area contributed by atoms with Crippen molar-refractivity contribution in [1.82, 2.24) is 9.80 Å². The molecule has 2 aliphatic heterocycles. The van der Waals surface area contributed by atoms with Crippen LogP contribution in [-0.4, -0.2) is 59.0 Å². The zero-order valence-electron chi connectivity index (χ0n) is 15.2. The number of piperidine rings is 1. The van der Waals surface area contributed by atoms with Gasteiger partial charge in [-0.05, 0) is 31.0 Å². The number of thioether (sulfide) groups is 1. The van der Waals surface area contributed by atoms with Gasteiger partial charge in [0.15, 0.2) is 0 Å². The molecule has 1 aromatic carbocycles. The summed E-state index contributed by atoms with van der Waals surface area (Å²) in [5, 5.41) is 0. The molecule has 3 rings (SSSR count). The zero-order valence-corrected chi connectivity index (χ0v) is 16.0. The molecule has 1 spiro atoms. The Balaban J connectivity index is 1.74. The Hall–Kier alpha value is -1.69. The molecule has 2 heterocycles. The number of methoxy groups -OCH3 is 1. The van der Waals surface area contributed by atoms with E-state index in [-0.39, 0.29) is 22.6 Å². The van der Waals surface area contributed by atoms with Crippen LogP contribution in [0.4, 0.5) is 0 Å². The third kappa shape index (κ3) is 3.50. The highest BCUT2D eigenvalue weighted by Crippen LogP contribution is 2.44. The Morgan fingerprint density at radius 3 is 2.56 bits per heavy atom. The largest absolute Gasteiger partial charge is 0.497 e. The highest BCUT2D eigenvalue weighted by Gasteiger charge is 2.47. The number of likely N-dealkylation sites (tertiary alicyclic amines) is 1. The molecule has 0 N–H and O–H groups in total. The lowest BCUT2D eigenvalue weighted by atomic mass is 9.99. The molecule has 136 valence electrons. The molecule has 0 atom stereocenters. The van der Waals surface area contributed by atoms with Crippen LogP contribution in [0, 0.1) is 5.92 Å². The van der Waals surface area contributed by atoms with E-state index in [4.69, 9.17) is 4.74 Å². The van der Waals surface area contributed by atoms with Crippen LogP contribution in [0.15, 0.2) is 24.3 Å². The second-order valence-corrected chi connectivity index (χ2v) is 8.42. The van der Waals surface area contributed by atoms with Crippen molar-refractivity contribution in [3.05, 3.63) is 29.8 Å². The molecule has 25 heavy (non-hydrogen) atoms. The fraction of sp³-hybridized carbons (Fsp3) is 0.579. The van der Waals surface area contributed by atoms with Gasteiger partial charge in [0.1, 0.15) is 5.75 Å². The first-order valence-corrected chi connectivity index (χ1v) is 9.84. The SMILES string of the molecule is COc1cccc(C(=O)N2CCSC23CCN(C(=O)C(C)C)CC3)c1. The maximum Gasteiger partial charge on any atom is 0.255 e. The molecular formula is C19H26N2O3S. The van der Waals surface area contributed by atoms with E-state index in [0.717, 1.165) is 38.2 Å². The number of ether oxygens (including phenoxy) is 1. The fourth-order valence-electron chi connectivity index (χ4n) is 3.66. The molecule has 5 nitrogen and oxygen atoms in total. The number of carbonyl (C=O) groups excluding carboxylic acids is 2. The lowest BCUT2D eigenvalue weighted by Gasteiger charge is -2.44. The number of carbonyl (C=O) groups is 2. The Morgan fingerprint density at radius 2 is 1.92 bits per heavy atom. The van der Waals surface area contributed by atoms with E-state index < -0.39 is 0 Å². The van der Waals surface area contributed by atoms with E-state index in [1.807, 2.05) is 53.6 Å². The topological polar surface area (TPSA) is 49.9 Å². The molecule has 2 saturated heterocycles. The maximum absolute atomic E-state index is 13.1. The van der Waals surface area contributed by atoms with E-state index in [1.165, 1.54) is 0 Å². The Morgan fingerprint density at radius 1 is 1.20 bits per heavy atom. The summed E-state index contributed by atoms with van der Waals surface area (Å²) in [5.41, 5.74) is 0.668. The van der Waals surface area contributed by atoms with E-state index >= 15 is 0 Å². The second-order valence-electron chi connectivity index (χ2n) is 6.96. The quantitative estimate of drug-likeness (QED) is 0.830. The monoisotopic (exact) mass is 362 g/mol. The number of amides is 2. The Kier molecular flexibility index (Phi) is 5.27. The van der Waals surface area contributed by atoms with Gasteiger partial charge in [-0.2, -0.15) is 0 Å². The third-order valence-electron chi connectivity index (χ3n) is 5.09. The minimum Gasteiger partial charge on any atom is -0.497 e. The fourth-order valence-corrected chi connectivity index (χ4v) is 5.12. The van der Waals surface area contributed by atoms with Crippen molar-refractivity contribution >= 4 is 23.6 Å². The number of hydrogen-bond acceptors (Lipinski definition) is 4. The van der Waals surface area contributed by atoms with Gasteiger partial charge in [0.2, 0.25) is 5.91 Å². The van der Waals surface area contributed by atoms with Crippen LogP contribution < -0.4 is 4.74 Å². The predicted octanol–water partition coefficient (Wildman–Crippen LogP) is 2.86. The summed E-state index contributed by atoms with van der Waals surface area (Å²) in [5.74, 6) is 1.95. The van der Waals surface area contributed by atoms with Gasteiger partial charge in [-0.1, -0.05) is 19.9 Å². The molecule has 0 bridgehead atoms. The van der Waals surface area contributed by atoms with Crippen molar-refractivity contribution in [2.45, 2.75) is 31.6 Å². The molecule has 2 fully saturated rings. The summed E-state index contributed by atoms with van der Waals surface area (Å²) in [4.78, 5) is 29.1. The molecular weight excluding hydrogens is 336 g/mol. The molecule has 0 radical (unpaired) electrons. The third-order valence-corrected chi connectivity index (χ3v) is 6.64. The van der Waals surface area contributed by atoms with Crippen molar-refractivity contribution in [1.29, 1.82) is 0 Å². The van der Waals surface area contributed by atoms with Crippen molar-refractivity contribution in [2.24, 2.45) is 5.92 Å². The van der Waals surface area contributed by atoms with E-state index in [1.54, 1.807) is 13.2 Å². The number of benzene rings is 1. The number of nitrogens with zero attached hydrogens (tertiary/aromatic N) is 2. The summed E-state index contributed by atoms with van der Waals surface area (Å²) in [6.07, 6.45) is 1.68. The molecule has 0 saturated carbocycles. The van der Waals surface area contributed by atoms with Gasteiger partial charge in [-0.25, -0.2) is 0 Å². The summed E-state index contributed by atoms with van der Waals surface area (Å²) in [6, 6.07) is 7.35. The van der Waals surface area contributed by atoms with Crippen molar-refractivity contribution in [3.63, 3.8) is 0 Å².